The van der Waals surface area contributed by atoms with Gasteiger partial charge in [0.1, 0.15) is 59.7 Å². The zero-order valence-corrected chi connectivity index (χ0v) is 47.7. The molecule has 4 aromatic rings. The highest BCUT2D eigenvalue weighted by atomic mass is 19.1. The van der Waals surface area contributed by atoms with Crippen molar-refractivity contribution in [2.75, 3.05) is 28.2 Å². The van der Waals surface area contributed by atoms with Gasteiger partial charge in [0.25, 0.3) is 0 Å². The molecule has 0 radical (unpaired) electrons. The topological polar surface area (TPSA) is 75.7 Å². The molecule has 1 aliphatic rings. The normalized spacial score (nSPS) is 15.1. The molecule has 0 atom stereocenters. The molecule has 76 heavy (non-hydrogen) atoms. The molecule has 2 aromatic heterocycles. The van der Waals surface area contributed by atoms with Gasteiger partial charge in [0.05, 0.1) is 35.2 Å². The summed E-state index contributed by atoms with van der Waals surface area (Å²) in [6, 6.07) is 19.8. The molecule has 3 heterocycles. The quantitative estimate of drug-likeness (QED) is 0.108. The van der Waals surface area contributed by atoms with Crippen molar-refractivity contribution in [1.29, 1.82) is 0 Å². The van der Waals surface area contributed by atoms with Crippen molar-refractivity contribution in [3.05, 3.63) is 226 Å². The SMILES string of the molecule is CC1=CN(C)C(CC(C)C)=COC(Cc2ccc(Cc3cncc(F)c3)cc2)=CN(C)C(CC(C)C)=COC(C)=CN(C)C(CC(C)C)=COC(Cc2ccc(Cc3cncc(F)c3)cc2)=CN(C)C(CC(C)C)=CO1. The van der Waals surface area contributed by atoms with Crippen molar-refractivity contribution < 1.29 is 27.7 Å². The van der Waals surface area contributed by atoms with Crippen LogP contribution in [0.2, 0.25) is 0 Å². The molecule has 5 rings (SSSR count). The molecule has 0 amide bonds. The van der Waals surface area contributed by atoms with Gasteiger partial charge in [-0.05, 0) is 122 Å². The lowest BCUT2D eigenvalue weighted by atomic mass is 10.0. The van der Waals surface area contributed by atoms with Crippen LogP contribution in [-0.2, 0) is 44.6 Å². The Kier molecular flexibility index (Phi) is 23.5. The van der Waals surface area contributed by atoms with Gasteiger partial charge in [0, 0.05) is 78.2 Å². The van der Waals surface area contributed by atoms with Crippen LogP contribution >= 0.6 is 0 Å². The van der Waals surface area contributed by atoms with Crippen LogP contribution in [0.1, 0.15) is 128 Å². The van der Waals surface area contributed by atoms with Crippen LogP contribution in [0.3, 0.4) is 0 Å². The lowest BCUT2D eigenvalue weighted by Crippen LogP contribution is -2.17. The number of hydrogen-bond acceptors (Lipinski definition) is 10. The maximum absolute atomic E-state index is 14.0. The van der Waals surface area contributed by atoms with Gasteiger partial charge in [-0.25, -0.2) is 8.78 Å². The predicted octanol–water partition coefficient (Wildman–Crippen LogP) is 15.5. The Balaban J connectivity index is 1.57. The zero-order chi connectivity index (χ0) is 55.3. The van der Waals surface area contributed by atoms with E-state index in [1.165, 1.54) is 24.5 Å². The van der Waals surface area contributed by atoms with Crippen molar-refractivity contribution >= 4 is 0 Å². The highest BCUT2D eigenvalue weighted by Gasteiger charge is 2.16. The van der Waals surface area contributed by atoms with E-state index in [9.17, 15) is 8.78 Å². The van der Waals surface area contributed by atoms with Gasteiger partial charge in [-0.2, -0.15) is 0 Å². The van der Waals surface area contributed by atoms with E-state index in [0.29, 0.717) is 60.9 Å². The summed E-state index contributed by atoms with van der Waals surface area (Å²) in [6.45, 7) is 21.5. The first-order valence-corrected chi connectivity index (χ1v) is 26.6. The van der Waals surface area contributed by atoms with E-state index >= 15 is 0 Å². The van der Waals surface area contributed by atoms with E-state index in [1.54, 1.807) is 12.4 Å². The summed E-state index contributed by atoms with van der Waals surface area (Å²) >= 11 is 0. The Labute approximate surface area is 454 Å². The number of aromatic nitrogens is 2. The molecule has 1 aliphatic heterocycles. The molecule has 10 nitrogen and oxygen atoms in total. The molecule has 0 N–H and O–H groups in total. The van der Waals surface area contributed by atoms with Crippen LogP contribution in [0.15, 0.2) is 181 Å². The fourth-order valence-corrected chi connectivity index (χ4v) is 8.52. The molecule has 0 saturated carbocycles. The molecule has 0 spiro atoms. The zero-order valence-electron chi connectivity index (χ0n) is 47.7. The molecule has 0 saturated heterocycles. The minimum absolute atomic E-state index is 0.337. The summed E-state index contributed by atoms with van der Waals surface area (Å²) in [5.74, 6) is 3.55. The summed E-state index contributed by atoms with van der Waals surface area (Å²) in [4.78, 5) is 16.4. The molecule has 0 aliphatic carbocycles. The van der Waals surface area contributed by atoms with Crippen molar-refractivity contribution in [1.82, 2.24) is 29.6 Å². The second-order valence-corrected chi connectivity index (χ2v) is 21.8. The molecular formula is C64H84F2N6O4. The second kappa shape index (κ2) is 29.9. The monoisotopic (exact) mass is 1040 g/mol. The van der Waals surface area contributed by atoms with Gasteiger partial charge in [-0.3, -0.25) is 9.97 Å². The maximum Gasteiger partial charge on any atom is 0.141 e. The molecule has 12 heteroatoms. The van der Waals surface area contributed by atoms with Crippen molar-refractivity contribution in [2.45, 2.75) is 121 Å². The molecule has 408 valence electrons. The number of nitrogens with zero attached hydrogens (tertiary/aromatic N) is 6. The largest absolute Gasteiger partial charge is 0.466 e. The van der Waals surface area contributed by atoms with Gasteiger partial charge < -0.3 is 38.5 Å². The Morgan fingerprint density at radius 2 is 0.658 bits per heavy atom. The molecule has 2 aromatic carbocycles. The number of pyridine rings is 2. The molecule has 0 bridgehead atoms. The average molecular weight is 1040 g/mol. The van der Waals surface area contributed by atoms with Gasteiger partial charge in [0.15, 0.2) is 0 Å². The Morgan fingerprint density at radius 1 is 0.382 bits per heavy atom. The van der Waals surface area contributed by atoms with Gasteiger partial charge >= 0.3 is 0 Å². The summed E-state index contributed by atoms with van der Waals surface area (Å²) in [6.07, 6.45) is 26.5. The number of allylic oxidation sites excluding steroid dienone is 8. The lowest BCUT2D eigenvalue weighted by Gasteiger charge is -2.25. The first kappa shape index (κ1) is 59.8. The second-order valence-electron chi connectivity index (χ2n) is 21.8. The van der Waals surface area contributed by atoms with E-state index < -0.39 is 0 Å². The van der Waals surface area contributed by atoms with E-state index in [1.807, 2.05) is 91.9 Å². The number of benzene rings is 2. The molecule has 0 fully saturated rings. The number of ether oxygens (including phenoxy) is 4. The van der Waals surface area contributed by atoms with E-state index in [4.69, 9.17) is 18.9 Å². The minimum Gasteiger partial charge on any atom is -0.466 e. The van der Waals surface area contributed by atoms with E-state index in [0.717, 1.165) is 93.4 Å². The first-order chi connectivity index (χ1) is 36.2. The number of rotatable bonds is 16. The Hall–Kier alpha value is -7.08. The van der Waals surface area contributed by atoms with Crippen molar-refractivity contribution in [2.24, 2.45) is 23.7 Å². The van der Waals surface area contributed by atoms with Crippen LogP contribution < -0.4 is 0 Å². The third-order valence-electron chi connectivity index (χ3n) is 12.3. The smallest absolute Gasteiger partial charge is 0.141 e. The van der Waals surface area contributed by atoms with Gasteiger partial charge in [0.2, 0.25) is 0 Å². The maximum atomic E-state index is 14.0. The highest BCUT2D eigenvalue weighted by Crippen LogP contribution is 2.26. The predicted molar refractivity (Wildman–Crippen MR) is 304 cm³/mol. The van der Waals surface area contributed by atoms with Crippen LogP contribution in [0.4, 0.5) is 8.78 Å². The summed E-state index contributed by atoms with van der Waals surface area (Å²) < 4.78 is 54.4. The summed E-state index contributed by atoms with van der Waals surface area (Å²) in [7, 11) is 8.11. The number of halogens is 2. The van der Waals surface area contributed by atoms with Gasteiger partial charge in [-0.15, -0.1) is 0 Å². The lowest BCUT2D eigenvalue weighted by molar-refractivity contribution is 0.287. The highest BCUT2D eigenvalue weighted by molar-refractivity contribution is 5.31. The van der Waals surface area contributed by atoms with E-state index in [2.05, 4.69) is 133 Å². The van der Waals surface area contributed by atoms with Crippen molar-refractivity contribution in [3.8, 4) is 0 Å². The summed E-state index contributed by atoms with van der Waals surface area (Å²) in [5, 5.41) is 0. The van der Waals surface area contributed by atoms with Crippen LogP contribution in [0.5, 0.6) is 0 Å². The van der Waals surface area contributed by atoms with E-state index in [-0.39, 0.29) is 11.6 Å². The molecular weight excluding hydrogens is 955 g/mol. The Morgan fingerprint density at radius 3 is 0.947 bits per heavy atom. The van der Waals surface area contributed by atoms with Crippen LogP contribution in [0, 0.1) is 35.3 Å². The average Bonchev–Trinajstić information content (AvgIpc) is 3.34. The fraction of sp³-hybridized carbons (Fsp3) is 0.406. The van der Waals surface area contributed by atoms with Crippen LogP contribution in [-0.4, -0.2) is 57.8 Å². The molecule has 0 unspecified atom stereocenters. The standard InChI is InChI=1S/C64H84F2N6O4/c1-45(2)23-59-41-73-49(9)37-69(11)62(26-48(7)8)44-76-64(32-54-21-17-52(18-22-54)28-56-30-58(66)36-68-34-56)40-72(14)60(24-46(3)4)42-74-50(10)38-70(12)61(25-47(5)6)43-75-63(39-71(59)13)31-53-19-15-51(16-20-53)27-55-29-57(65)35-67-33-55/h15-22,29-30,33-48H,23-28,31-32H2,1-14H3. The van der Waals surface area contributed by atoms with Crippen molar-refractivity contribution in [3.63, 3.8) is 0 Å². The minimum atomic E-state index is -0.342. The fourth-order valence-electron chi connectivity index (χ4n) is 8.52. The third-order valence-corrected chi connectivity index (χ3v) is 12.3. The van der Waals surface area contributed by atoms with Gasteiger partial charge in [-0.1, -0.05) is 104 Å². The first-order valence-electron chi connectivity index (χ1n) is 26.6. The summed E-state index contributed by atoms with van der Waals surface area (Å²) in [5.41, 5.74) is 9.79. The third kappa shape index (κ3) is 21.3. The van der Waals surface area contributed by atoms with Crippen LogP contribution in [0.25, 0.3) is 0 Å². The Bertz CT molecular complexity index is 2530. The number of hydrogen-bond donors (Lipinski definition) is 0.